The van der Waals surface area contributed by atoms with Crippen LogP contribution in [0, 0.1) is 0 Å². The third-order valence-electron chi connectivity index (χ3n) is 1.72. The van der Waals surface area contributed by atoms with Crippen molar-refractivity contribution in [3.63, 3.8) is 0 Å². The molecule has 0 heterocycles. The Bertz CT molecular complexity index is 245. The van der Waals surface area contributed by atoms with Crippen molar-refractivity contribution < 1.29 is 0 Å². The smallest absolute Gasteiger partial charge is 0.0409 e. The average molecular weight is 187 g/mol. The van der Waals surface area contributed by atoms with Gasteiger partial charge in [0.05, 0.1) is 0 Å². The monoisotopic (exact) mass is 186 g/mol. The van der Waals surface area contributed by atoms with Gasteiger partial charge in [0, 0.05) is 10.8 Å². The van der Waals surface area contributed by atoms with Crippen molar-refractivity contribution >= 4 is 24.2 Å². The van der Waals surface area contributed by atoms with Gasteiger partial charge < -0.3 is 0 Å². The highest BCUT2D eigenvalue weighted by molar-refractivity contribution is 7.79. The zero-order valence-electron chi connectivity index (χ0n) is 6.47. The number of hydrogen-bond acceptors (Lipinski definition) is 1. The molecule has 1 aromatic rings. The molecule has 0 saturated heterocycles. The van der Waals surface area contributed by atoms with Crippen molar-refractivity contribution in [1.82, 2.24) is 0 Å². The first-order valence-electron chi connectivity index (χ1n) is 3.66. The van der Waals surface area contributed by atoms with E-state index in [1.54, 1.807) is 0 Å². The highest BCUT2D eigenvalue weighted by atomic mass is 35.5. The largest absolute Gasteiger partial charge is 0.175 e. The van der Waals surface area contributed by atoms with E-state index in [0.717, 1.165) is 17.2 Å². The minimum Gasteiger partial charge on any atom is -0.175 e. The van der Waals surface area contributed by atoms with E-state index in [2.05, 4.69) is 25.6 Å². The molecule has 11 heavy (non-hydrogen) atoms. The van der Waals surface area contributed by atoms with E-state index < -0.39 is 0 Å². The lowest BCUT2D eigenvalue weighted by Gasteiger charge is -2.04. The molecule has 0 N–H and O–H groups in total. The van der Waals surface area contributed by atoms with Gasteiger partial charge in [-0.2, -0.15) is 12.6 Å². The Morgan fingerprint density at radius 1 is 1.36 bits per heavy atom. The van der Waals surface area contributed by atoms with E-state index in [-0.39, 0.29) is 0 Å². The van der Waals surface area contributed by atoms with Gasteiger partial charge in [-0.1, -0.05) is 24.6 Å². The summed E-state index contributed by atoms with van der Waals surface area (Å²) in [4.78, 5) is 0. The van der Waals surface area contributed by atoms with Gasteiger partial charge >= 0.3 is 0 Å². The molecule has 0 spiro atoms. The fourth-order valence-corrected chi connectivity index (χ4v) is 1.58. The van der Waals surface area contributed by atoms with Crippen molar-refractivity contribution in [1.29, 1.82) is 0 Å². The molecule has 0 aliphatic carbocycles. The third-order valence-corrected chi connectivity index (χ3v) is 2.30. The molecule has 0 aliphatic heterocycles. The zero-order valence-corrected chi connectivity index (χ0v) is 8.12. The predicted molar refractivity (Wildman–Crippen MR) is 53.5 cm³/mol. The average Bonchev–Trinajstić information content (AvgIpc) is 2.04. The fraction of sp³-hybridized carbons (Fsp3) is 0.333. The molecule has 0 radical (unpaired) electrons. The maximum atomic E-state index is 5.82. The SMILES string of the molecule is CCc1ccc(Cl)cc1CS. The lowest BCUT2D eigenvalue weighted by atomic mass is 10.1. The van der Waals surface area contributed by atoms with Gasteiger partial charge in [-0.05, 0) is 29.7 Å². The lowest BCUT2D eigenvalue weighted by molar-refractivity contribution is 1.10. The van der Waals surface area contributed by atoms with E-state index in [0.29, 0.717) is 0 Å². The summed E-state index contributed by atoms with van der Waals surface area (Å²) in [5.74, 6) is 0.768. The molecule has 0 aromatic heterocycles. The van der Waals surface area contributed by atoms with Crippen molar-refractivity contribution in [3.8, 4) is 0 Å². The number of aryl methyl sites for hydroxylation is 1. The van der Waals surface area contributed by atoms with Crippen molar-refractivity contribution in [2.24, 2.45) is 0 Å². The van der Waals surface area contributed by atoms with E-state index in [4.69, 9.17) is 11.6 Å². The minimum absolute atomic E-state index is 0.768. The van der Waals surface area contributed by atoms with Gasteiger partial charge in [-0.3, -0.25) is 0 Å². The van der Waals surface area contributed by atoms with E-state index in [9.17, 15) is 0 Å². The summed E-state index contributed by atoms with van der Waals surface area (Å²) in [6, 6.07) is 5.97. The van der Waals surface area contributed by atoms with Crippen molar-refractivity contribution in [3.05, 3.63) is 34.3 Å². The van der Waals surface area contributed by atoms with E-state index in [1.165, 1.54) is 11.1 Å². The summed E-state index contributed by atoms with van der Waals surface area (Å²) < 4.78 is 0. The third kappa shape index (κ3) is 2.14. The molecule has 0 amide bonds. The van der Waals surface area contributed by atoms with Gasteiger partial charge in [0.2, 0.25) is 0 Å². The van der Waals surface area contributed by atoms with Gasteiger partial charge in [-0.15, -0.1) is 0 Å². The number of rotatable bonds is 2. The molecule has 0 aliphatic rings. The normalized spacial score (nSPS) is 10.1. The van der Waals surface area contributed by atoms with Gasteiger partial charge in [0.1, 0.15) is 0 Å². The van der Waals surface area contributed by atoms with Crippen LogP contribution in [0.25, 0.3) is 0 Å². The molecule has 60 valence electrons. The van der Waals surface area contributed by atoms with Crippen LogP contribution < -0.4 is 0 Å². The molecule has 0 nitrogen and oxygen atoms in total. The molecule has 0 atom stereocenters. The first-order chi connectivity index (χ1) is 5.27. The first-order valence-corrected chi connectivity index (χ1v) is 4.67. The second-order valence-electron chi connectivity index (χ2n) is 2.42. The standard InChI is InChI=1S/C9H11ClS/c1-2-7-3-4-9(10)5-8(7)6-11/h3-5,11H,2,6H2,1H3. The van der Waals surface area contributed by atoms with Gasteiger partial charge in [0.15, 0.2) is 0 Å². The Labute approximate surface area is 78.0 Å². The first kappa shape index (κ1) is 8.95. The summed E-state index contributed by atoms with van der Waals surface area (Å²) >= 11 is 10.0. The number of benzene rings is 1. The molecule has 0 bridgehead atoms. The van der Waals surface area contributed by atoms with Crippen LogP contribution in [0.1, 0.15) is 18.1 Å². The lowest BCUT2D eigenvalue weighted by Crippen LogP contribution is -1.88. The summed E-state index contributed by atoms with van der Waals surface area (Å²) in [6.07, 6.45) is 1.05. The molecule has 1 aromatic carbocycles. The highest BCUT2D eigenvalue weighted by Gasteiger charge is 1.98. The zero-order chi connectivity index (χ0) is 8.27. The quantitative estimate of drug-likeness (QED) is 0.674. The summed E-state index contributed by atoms with van der Waals surface area (Å²) in [5.41, 5.74) is 2.58. The Kier molecular flexibility index (Phi) is 3.28. The van der Waals surface area contributed by atoms with Gasteiger partial charge in [-0.25, -0.2) is 0 Å². The van der Waals surface area contributed by atoms with Crippen LogP contribution in [0.4, 0.5) is 0 Å². The molecule has 0 fully saturated rings. The van der Waals surface area contributed by atoms with Crippen LogP contribution in [0.2, 0.25) is 5.02 Å². The number of thiol groups is 1. The van der Waals surface area contributed by atoms with E-state index in [1.807, 2.05) is 12.1 Å². The fourth-order valence-electron chi connectivity index (χ4n) is 1.09. The molecule has 1 rings (SSSR count). The van der Waals surface area contributed by atoms with Crippen LogP contribution in [0.3, 0.4) is 0 Å². The Morgan fingerprint density at radius 2 is 2.09 bits per heavy atom. The van der Waals surface area contributed by atoms with Gasteiger partial charge in [0.25, 0.3) is 0 Å². The summed E-state index contributed by atoms with van der Waals surface area (Å²) in [7, 11) is 0. The van der Waals surface area contributed by atoms with Crippen LogP contribution in [0.5, 0.6) is 0 Å². The van der Waals surface area contributed by atoms with Crippen LogP contribution in [0.15, 0.2) is 18.2 Å². The molecule has 0 unspecified atom stereocenters. The second kappa shape index (κ2) is 4.03. The van der Waals surface area contributed by atoms with Crippen LogP contribution in [-0.4, -0.2) is 0 Å². The molecular formula is C9H11ClS. The Hall–Kier alpha value is -0.140. The highest BCUT2D eigenvalue weighted by Crippen LogP contribution is 2.17. The minimum atomic E-state index is 0.768. The Morgan fingerprint density at radius 3 is 2.64 bits per heavy atom. The number of hydrogen-bond donors (Lipinski definition) is 1. The maximum absolute atomic E-state index is 5.82. The van der Waals surface area contributed by atoms with E-state index >= 15 is 0 Å². The maximum Gasteiger partial charge on any atom is 0.0409 e. The molecule has 0 saturated carbocycles. The number of halogens is 1. The summed E-state index contributed by atoms with van der Waals surface area (Å²) in [5, 5.41) is 0.797. The topological polar surface area (TPSA) is 0 Å². The summed E-state index contributed by atoms with van der Waals surface area (Å²) in [6.45, 7) is 2.14. The molecule has 2 heteroatoms. The van der Waals surface area contributed by atoms with Crippen LogP contribution in [-0.2, 0) is 12.2 Å². The Balaban J connectivity index is 3.06. The molecular weight excluding hydrogens is 176 g/mol. The van der Waals surface area contributed by atoms with Crippen LogP contribution >= 0.6 is 24.2 Å². The van der Waals surface area contributed by atoms with Crippen molar-refractivity contribution in [2.75, 3.05) is 0 Å². The predicted octanol–water partition coefficient (Wildman–Crippen LogP) is 3.33. The second-order valence-corrected chi connectivity index (χ2v) is 3.18. The van der Waals surface area contributed by atoms with Crippen molar-refractivity contribution in [2.45, 2.75) is 19.1 Å².